The summed E-state index contributed by atoms with van der Waals surface area (Å²) in [5.74, 6) is -1.17. The van der Waals surface area contributed by atoms with Gasteiger partial charge in [-0.1, -0.05) is 36.4 Å². The molecule has 4 rings (SSSR count). The second-order valence-electron chi connectivity index (χ2n) is 8.65. The van der Waals surface area contributed by atoms with Crippen molar-refractivity contribution in [2.75, 3.05) is 6.54 Å². The van der Waals surface area contributed by atoms with E-state index in [1.54, 1.807) is 0 Å². The van der Waals surface area contributed by atoms with Gasteiger partial charge in [0, 0.05) is 53.6 Å². The number of aromatic amines is 2. The number of H-pyrrole nitrogens is 2. The fraction of sp³-hybridized carbons (Fsp3) is 0.269. The summed E-state index contributed by atoms with van der Waals surface area (Å²) in [6.07, 6.45) is 4.95. The quantitative estimate of drug-likeness (QED) is 0.182. The molecule has 0 saturated carbocycles. The molecule has 0 aliphatic carbocycles. The van der Waals surface area contributed by atoms with Crippen LogP contribution in [0.1, 0.15) is 24.0 Å². The Morgan fingerprint density at radius 3 is 2.03 bits per heavy atom. The molecular weight excluding hydrogens is 444 g/mol. The van der Waals surface area contributed by atoms with Crippen LogP contribution in [0.2, 0.25) is 0 Å². The van der Waals surface area contributed by atoms with Crippen molar-refractivity contribution >= 4 is 39.5 Å². The van der Waals surface area contributed by atoms with Gasteiger partial charge in [-0.05, 0) is 36.1 Å². The van der Waals surface area contributed by atoms with Crippen molar-refractivity contribution in [2.24, 2.45) is 11.5 Å². The molecule has 0 saturated heterocycles. The zero-order chi connectivity index (χ0) is 24.8. The lowest BCUT2D eigenvalue weighted by molar-refractivity contribution is -0.127. The third kappa shape index (κ3) is 5.88. The first-order chi connectivity index (χ1) is 16.9. The number of nitrogens with two attached hydrogens (primary N) is 2. The summed E-state index contributed by atoms with van der Waals surface area (Å²) in [5, 5.41) is 7.52. The molecule has 0 unspecified atom stereocenters. The maximum atomic E-state index is 12.4. The molecule has 0 radical (unpaired) electrons. The van der Waals surface area contributed by atoms with Crippen molar-refractivity contribution in [2.45, 2.75) is 37.8 Å². The van der Waals surface area contributed by atoms with Crippen LogP contribution < -0.4 is 22.1 Å². The Kier molecular flexibility index (Phi) is 7.47. The number of carbonyl (C=O) groups is 3. The molecule has 2 atom stereocenters. The van der Waals surface area contributed by atoms with E-state index in [0.29, 0.717) is 25.8 Å². The summed E-state index contributed by atoms with van der Waals surface area (Å²) in [5.41, 5.74) is 15.5. The summed E-state index contributed by atoms with van der Waals surface area (Å²) in [7, 11) is 0. The van der Waals surface area contributed by atoms with E-state index in [1.165, 1.54) is 0 Å². The molecule has 8 N–H and O–H groups in total. The van der Waals surface area contributed by atoms with Crippen LogP contribution in [0.3, 0.4) is 0 Å². The number of para-hydroxylation sites is 2. The number of primary amides is 1. The first kappa shape index (κ1) is 24.0. The van der Waals surface area contributed by atoms with Gasteiger partial charge >= 0.3 is 0 Å². The van der Waals surface area contributed by atoms with Gasteiger partial charge in [0.05, 0.1) is 6.04 Å². The van der Waals surface area contributed by atoms with Crippen LogP contribution in [0.25, 0.3) is 21.8 Å². The van der Waals surface area contributed by atoms with Gasteiger partial charge in [-0.15, -0.1) is 0 Å². The van der Waals surface area contributed by atoms with Gasteiger partial charge in [0.15, 0.2) is 0 Å². The lowest BCUT2D eigenvalue weighted by Crippen LogP contribution is -2.46. The minimum absolute atomic E-state index is 0.148. The Balaban J connectivity index is 1.21. The number of amides is 3. The van der Waals surface area contributed by atoms with E-state index in [-0.39, 0.29) is 18.2 Å². The van der Waals surface area contributed by atoms with Gasteiger partial charge in [-0.25, -0.2) is 0 Å². The summed E-state index contributed by atoms with van der Waals surface area (Å²) >= 11 is 0. The van der Waals surface area contributed by atoms with Crippen molar-refractivity contribution in [1.82, 2.24) is 20.6 Å². The maximum Gasteiger partial charge on any atom is 0.240 e. The minimum atomic E-state index is -0.819. The number of rotatable bonds is 11. The number of hydrogen-bond acceptors (Lipinski definition) is 4. The van der Waals surface area contributed by atoms with Crippen LogP contribution in [0.5, 0.6) is 0 Å². The monoisotopic (exact) mass is 474 g/mol. The standard InChI is InChI=1S/C26H30N6O3/c27-20(12-16-14-30-21-8-3-1-6-18(16)21)26(35)29-11-5-10-24(33)32-23(25(28)34)13-17-15-31-22-9-4-2-7-19(17)22/h1-4,6-9,14-15,20,23,30-31H,5,10-13,27H2,(H2,28,34)(H,29,35)(H,32,33)/t20-,23-/m0/s1. The Morgan fingerprint density at radius 1 is 0.857 bits per heavy atom. The van der Waals surface area contributed by atoms with E-state index in [1.807, 2.05) is 60.9 Å². The van der Waals surface area contributed by atoms with Crippen LogP contribution >= 0.6 is 0 Å². The van der Waals surface area contributed by atoms with Crippen molar-refractivity contribution in [3.63, 3.8) is 0 Å². The second-order valence-corrected chi connectivity index (χ2v) is 8.65. The van der Waals surface area contributed by atoms with Crippen LogP contribution in [-0.2, 0) is 27.2 Å². The minimum Gasteiger partial charge on any atom is -0.368 e. The lowest BCUT2D eigenvalue weighted by atomic mass is 10.0. The molecule has 0 aliphatic rings. The van der Waals surface area contributed by atoms with Gasteiger partial charge in [0.25, 0.3) is 0 Å². The number of aromatic nitrogens is 2. The molecule has 0 fully saturated rings. The predicted molar refractivity (Wildman–Crippen MR) is 135 cm³/mol. The van der Waals surface area contributed by atoms with Gasteiger partial charge in [0.2, 0.25) is 17.7 Å². The molecule has 2 aromatic carbocycles. The lowest BCUT2D eigenvalue weighted by Gasteiger charge is -2.16. The van der Waals surface area contributed by atoms with Crippen LogP contribution in [0, 0.1) is 0 Å². The molecule has 35 heavy (non-hydrogen) atoms. The molecule has 9 nitrogen and oxygen atoms in total. The smallest absolute Gasteiger partial charge is 0.240 e. The fourth-order valence-corrected chi connectivity index (χ4v) is 4.23. The van der Waals surface area contributed by atoms with Crippen molar-refractivity contribution in [1.29, 1.82) is 0 Å². The Labute approximate surface area is 202 Å². The highest BCUT2D eigenvalue weighted by atomic mass is 16.2. The zero-order valence-electron chi connectivity index (χ0n) is 19.3. The third-order valence-corrected chi connectivity index (χ3v) is 6.11. The first-order valence-electron chi connectivity index (χ1n) is 11.6. The van der Waals surface area contributed by atoms with Crippen LogP contribution in [0.15, 0.2) is 60.9 Å². The topological polar surface area (TPSA) is 159 Å². The number of carbonyl (C=O) groups excluding carboxylic acids is 3. The average Bonchev–Trinajstić information content (AvgIpc) is 3.45. The Hall–Kier alpha value is -4.11. The molecule has 9 heteroatoms. The number of hydrogen-bond donors (Lipinski definition) is 6. The predicted octanol–water partition coefficient (Wildman–Crippen LogP) is 1.63. The van der Waals surface area contributed by atoms with E-state index in [2.05, 4.69) is 20.6 Å². The molecular formula is C26H30N6O3. The SMILES string of the molecule is NC(=O)[C@H](Cc1c[nH]c2ccccc12)NC(=O)CCCNC(=O)[C@@H](N)Cc1c[nH]c2ccccc12. The van der Waals surface area contributed by atoms with E-state index in [9.17, 15) is 14.4 Å². The average molecular weight is 475 g/mol. The summed E-state index contributed by atoms with van der Waals surface area (Å²) in [4.78, 5) is 43.0. The fourth-order valence-electron chi connectivity index (χ4n) is 4.23. The summed E-state index contributed by atoms with van der Waals surface area (Å²) in [6, 6.07) is 14.1. The van der Waals surface area contributed by atoms with Gasteiger partial charge < -0.3 is 32.1 Å². The maximum absolute atomic E-state index is 12.4. The largest absolute Gasteiger partial charge is 0.368 e. The molecule has 2 aromatic heterocycles. The van der Waals surface area contributed by atoms with Gasteiger partial charge in [-0.2, -0.15) is 0 Å². The first-order valence-corrected chi connectivity index (χ1v) is 11.6. The van der Waals surface area contributed by atoms with Gasteiger partial charge in [-0.3, -0.25) is 14.4 Å². The van der Waals surface area contributed by atoms with E-state index in [0.717, 1.165) is 32.9 Å². The van der Waals surface area contributed by atoms with Crippen LogP contribution in [-0.4, -0.2) is 46.3 Å². The number of nitrogens with one attached hydrogen (secondary N) is 4. The molecule has 2 heterocycles. The summed E-state index contributed by atoms with van der Waals surface area (Å²) in [6.45, 7) is 0.303. The van der Waals surface area contributed by atoms with E-state index >= 15 is 0 Å². The highest BCUT2D eigenvalue weighted by molar-refractivity contribution is 5.89. The number of benzene rings is 2. The van der Waals surface area contributed by atoms with Crippen LogP contribution in [0.4, 0.5) is 0 Å². The Bertz CT molecular complexity index is 1340. The molecule has 182 valence electrons. The highest BCUT2D eigenvalue weighted by Gasteiger charge is 2.20. The van der Waals surface area contributed by atoms with Crippen molar-refractivity contribution < 1.29 is 14.4 Å². The highest BCUT2D eigenvalue weighted by Crippen LogP contribution is 2.20. The van der Waals surface area contributed by atoms with E-state index in [4.69, 9.17) is 11.5 Å². The second kappa shape index (κ2) is 10.9. The van der Waals surface area contributed by atoms with Crippen molar-refractivity contribution in [3.05, 3.63) is 72.1 Å². The zero-order valence-corrected chi connectivity index (χ0v) is 19.3. The molecule has 3 amide bonds. The van der Waals surface area contributed by atoms with Crippen molar-refractivity contribution in [3.8, 4) is 0 Å². The number of fused-ring (bicyclic) bond motifs is 2. The van der Waals surface area contributed by atoms with E-state index < -0.39 is 18.0 Å². The summed E-state index contributed by atoms with van der Waals surface area (Å²) < 4.78 is 0. The molecule has 4 aromatic rings. The molecule has 0 spiro atoms. The molecule has 0 aliphatic heterocycles. The normalized spacial score (nSPS) is 12.9. The Morgan fingerprint density at radius 2 is 1.43 bits per heavy atom. The third-order valence-electron chi connectivity index (χ3n) is 6.11. The molecule has 0 bridgehead atoms. The van der Waals surface area contributed by atoms with Gasteiger partial charge in [0.1, 0.15) is 6.04 Å².